The molecule has 0 bridgehead atoms. The van der Waals surface area contributed by atoms with Gasteiger partial charge < -0.3 is 14.7 Å². The molecule has 5 nitrogen and oxygen atoms in total. The van der Waals surface area contributed by atoms with Crippen molar-refractivity contribution in [2.45, 2.75) is 13.8 Å². The smallest absolute Gasteiger partial charge is 0.310 e. The normalized spacial score (nSPS) is 14.9. The number of rotatable bonds is 3. The summed E-state index contributed by atoms with van der Waals surface area (Å²) in [6, 6.07) is 4.94. The van der Waals surface area contributed by atoms with Crippen LogP contribution in [0.15, 0.2) is 18.2 Å². The fraction of sp³-hybridized carbons (Fsp3) is 0.385. The average Bonchev–Trinajstić information content (AvgIpc) is 2.33. The minimum absolute atomic E-state index is 0.0673. The Morgan fingerprint density at radius 1 is 1.53 bits per heavy atom. The van der Waals surface area contributed by atoms with Crippen molar-refractivity contribution in [1.29, 1.82) is 0 Å². The van der Waals surface area contributed by atoms with Gasteiger partial charge in [0.2, 0.25) is 0 Å². The molecule has 0 fully saturated rings. The summed E-state index contributed by atoms with van der Waals surface area (Å²) < 4.78 is 5.30. The van der Waals surface area contributed by atoms with Gasteiger partial charge in [-0.25, -0.2) is 0 Å². The van der Waals surface area contributed by atoms with Crippen LogP contribution in [-0.2, 0) is 9.59 Å². The molecule has 0 saturated carbocycles. The summed E-state index contributed by atoms with van der Waals surface area (Å²) in [6.07, 6.45) is 0. The summed E-state index contributed by atoms with van der Waals surface area (Å²) in [5, 5.41) is 9.63. The van der Waals surface area contributed by atoms with E-state index in [4.69, 9.17) is 21.4 Å². The number of anilines is 1. The van der Waals surface area contributed by atoms with Gasteiger partial charge in [-0.1, -0.05) is 11.6 Å². The number of carbonyl (C=O) groups excluding carboxylic acids is 1. The summed E-state index contributed by atoms with van der Waals surface area (Å²) in [5.74, 6) is -0.704. The number of nitrogens with zero attached hydrogens (tertiary/aromatic N) is 1. The number of aliphatic carboxylic acids is 1. The van der Waals surface area contributed by atoms with Crippen LogP contribution in [0.2, 0.25) is 5.02 Å². The molecule has 0 unspecified atom stereocenters. The maximum atomic E-state index is 11.9. The molecule has 0 aromatic heterocycles. The largest absolute Gasteiger partial charge is 0.482 e. The summed E-state index contributed by atoms with van der Waals surface area (Å²) >= 11 is 5.91. The quantitative estimate of drug-likeness (QED) is 0.923. The zero-order valence-electron chi connectivity index (χ0n) is 10.6. The van der Waals surface area contributed by atoms with Crippen LogP contribution in [0.25, 0.3) is 0 Å². The van der Waals surface area contributed by atoms with Crippen molar-refractivity contribution < 1.29 is 19.4 Å². The summed E-state index contributed by atoms with van der Waals surface area (Å²) in [4.78, 5) is 24.5. The molecule has 1 N–H and O–H groups in total. The SMILES string of the molecule is CC(C)(CN1C(=O)COc2ccc(Cl)cc21)C(=O)O. The highest BCUT2D eigenvalue weighted by Crippen LogP contribution is 2.36. The van der Waals surface area contributed by atoms with Gasteiger partial charge in [0.25, 0.3) is 5.91 Å². The van der Waals surface area contributed by atoms with Crippen molar-refractivity contribution in [3.05, 3.63) is 23.2 Å². The lowest BCUT2D eigenvalue weighted by Gasteiger charge is -2.33. The van der Waals surface area contributed by atoms with Crippen LogP contribution in [0.1, 0.15) is 13.8 Å². The maximum absolute atomic E-state index is 11.9. The van der Waals surface area contributed by atoms with Crippen molar-refractivity contribution >= 4 is 29.2 Å². The second-order valence-corrected chi connectivity index (χ2v) is 5.51. The Balaban J connectivity index is 2.38. The lowest BCUT2D eigenvalue weighted by molar-refractivity contribution is -0.146. The highest BCUT2D eigenvalue weighted by atomic mass is 35.5. The van der Waals surface area contributed by atoms with Gasteiger partial charge in [-0.15, -0.1) is 0 Å². The van der Waals surface area contributed by atoms with E-state index in [1.165, 1.54) is 4.90 Å². The molecule has 6 heteroatoms. The number of hydrogen-bond acceptors (Lipinski definition) is 3. The molecule has 0 atom stereocenters. The molecule has 0 aliphatic carbocycles. The lowest BCUT2D eigenvalue weighted by Crippen LogP contribution is -2.46. The average molecular weight is 284 g/mol. The van der Waals surface area contributed by atoms with Crippen molar-refractivity contribution in [1.82, 2.24) is 0 Å². The number of carbonyl (C=O) groups is 2. The molecule has 1 aliphatic heterocycles. The van der Waals surface area contributed by atoms with Crippen LogP contribution in [0.4, 0.5) is 5.69 Å². The first-order valence-corrected chi connectivity index (χ1v) is 6.15. The van der Waals surface area contributed by atoms with Crippen molar-refractivity contribution in [2.24, 2.45) is 5.41 Å². The topological polar surface area (TPSA) is 66.8 Å². The Labute approximate surface area is 115 Å². The van der Waals surface area contributed by atoms with Gasteiger partial charge in [0.05, 0.1) is 11.1 Å². The van der Waals surface area contributed by atoms with E-state index in [2.05, 4.69) is 0 Å². The molecule has 0 spiro atoms. The molecule has 1 amide bonds. The third kappa shape index (κ3) is 2.66. The van der Waals surface area contributed by atoms with Crippen LogP contribution in [-0.4, -0.2) is 30.1 Å². The van der Waals surface area contributed by atoms with E-state index < -0.39 is 11.4 Å². The van der Waals surface area contributed by atoms with Crippen molar-refractivity contribution in [3.8, 4) is 5.75 Å². The number of carboxylic acid groups (broad SMARTS) is 1. The fourth-order valence-corrected chi connectivity index (χ4v) is 1.98. The Morgan fingerprint density at radius 2 is 2.21 bits per heavy atom. The molecular formula is C13H14ClNO4. The highest BCUT2D eigenvalue weighted by molar-refractivity contribution is 6.31. The number of ether oxygens (including phenoxy) is 1. The first kappa shape index (κ1) is 13.7. The zero-order valence-corrected chi connectivity index (χ0v) is 11.4. The molecule has 1 aromatic carbocycles. The number of carboxylic acids is 1. The molecule has 2 rings (SSSR count). The van der Waals surface area contributed by atoms with Crippen molar-refractivity contribution in [3.63, 3.8) is 0 Å². The van der Waals surface area contributed by atoms with Gasteiger partial charge in [-0.05, 0) is 32.0 Å². The van der Waals surface area contributed by atoms with Crippen LogP contribution >= 0.6 is 11.6 Å². The van der Waals surface area contributed by atoms with Gasteiger partial charge in [-0.3, -0.25) is 9.59 Å². The second kappa shape index (κ2) is 4.74. The highest BCUT2D eigenvalue weighted by Gasteiger charge is 2.35. The van der Waals surface area contributed by atoms with E-state index in [0.29, 0.717) is 16.5 Å². The van der Waals surface area contributed by atoms with Gasteiger partial charge in [0, 0.05) is 11.6 Å². The number of halogens is 1. The third-order valence-corrected chi connectivity index (χ3v) is 3.23. The summed E-state index contributed by atoms with van der Waals surface area (Å²) in [7, 11) is 0. The Hall–Kier alpha value is -1.75. The Bertz CT molecular complexity index is 541. The molecule has 102 valence electrons. The minimum Gasteiger partial charge on any atom is -0.482 e. The number of fused-ring (bicyclic) bond motifs is 1. The van der Waals surface area contributed by atoms with Gasteiger partial charge >= 0.3 is 5.97 Å². The monoisotopic (exact) mass is 283 g/mol. The van der Waals surface area contributed by atoms with E-state index in [-0.39, 0.29) is 19.1 Å². The van der Waals surface area contributed by atoms with E-state index in [1.54, 1.807) is 32.0 Å². The van der Waals surface area contributed by atoms with Crippen LogP contribution in [0, 0.1) is 5.41 Å². The zero-order chi connectivity index (χ0) is 14.2. The lowest BCUT2D eigenvalue weighted by atomic mass is 9.92. The molecule has 1 heterocycles. The second-order valence-electron chi connectivity index (χ2n) is 5.07. The Morgan fingerprint density at radius 3 is 2.84 bits per heavy atom. The predicted octanol–water partition coefficient (Wildman–Crippen LogP) is 2.18. The standard InChI is InChI=1S/C13H14ClNO4/c1-13(2,12(17)18)7-15-9-5-8(14)3-4-10(9)19-6-11(15)16/h3-5H,6-7H2,1-2H3,(H,17,18). The van der Waals surface area contributed by atoms with E-state index in [9.17, 15) is 9.59 Å². The van der Waals surface area contributed by atoms with E-state index >= 15 is 0 Å². The van der Waals surface area contributed by atoms with Crippen LogP contribution < -0.4 is 9.64 Å². The maximum Gasteiger partial charge on any atom is 0.310 e. The minimum atomic E-state index is -1.05. The van der Waals surface area contributed by atoms with E-state index in [0.717, 1.165) is 0 Å². The first-order valence-electron chi connectivity index (χ1n) is 5.77. The summed E-state index contributed by atoms with van der Waals surface area (Å²) in [6.45, 7) is 3.12. The van der Waals surface area contributed by atoms with Crippen LogP contribution in [0.5, 0.6) is 5.75 Å². The number of amides is 1. The van der Waals surface area contributed by atoms with E-state index in [1.807, 2.05) is 0 Å². The van der Waals surface area contributed by atoms with Crippen LogP contribution in [0.3, 0.4) is 0 Å². The molecule has 0 radical (unpaired) electrons. The molecule has 19 heavy (non-hydrogen) atoms. The third-order valence-electron chi connectivity index (χ3n) is 3.00. The van der Waals surface area contributed by atoms with Gasteiger partial charge in [0.1, 0.15) is 5.75 Å². The molecule has 1 aromatic rings. The van der Waals surface area contributed by atoms with Crippen molar-refractivity contribution in [2.75, 3.05) is 18.1 Å². The Kier molecular flexibility index (Phi) is 3.41. The fourth-order valence-electron chi connectivity index (χ4n) is 1.81. The molecule has 0 saturated heterocycles. The van der Waals surface area contributed by atoms with Gasteiger partial charge in [-0.2, -0.15) is 0 Å². The predicted molar refractivity (Wildman–Crippen MR) is 70.7 cm³/mol. The molecule has 1 aliphatic rings. The van der Waals surface area contributed by atoms with Gasteiger partial charge in [0.15, 0.2) is 6.61 Å². The number of hydrogen-bond donors (Lipinski definition) is 1. The number of benzene rings is 1. The molecular weight excluding hydrogens is 270 g/mol. The first-order chi connectivity index (χ1) is 8.81. The summed E-state index contributed by atoms with van der Waals surface area (Å²) in [5.41, 5.74) is -0.537.